The molecule has 1 heterocycles. The van der Waals surface area contributed by atoms with Crippen LogP contribution in [0, 0.1) is 6.92 Å². The highest BCUT2D eigenvalue weighted by molar-refractivity contribution is 8.18. The molecule has 1 aliphatic heterocycles. The average molecular weight is 523 g/mol. The molecule has 0 atom stereocenters. The van der Waals surface area contributed by atoms with Crippen LogP contribution in [0.3, 0.4) is 0 Å². The molecule has 184 valence electrons. The second-order valence-electron chi connectivity index (χ2n) is 7.91. The number of anilines is 1. The van der Waals surface area contributed by atoms with Gasteiger partial charge in [0.2, 0.25) is 0 Å². The molecular formula is C27H23ClN2O5S. The molecule has 1 saturated heterocycles. The number of amides is 3. The van der Waals surface area contributed by atoms with Crippen molar-refractivity contribution in [2.24, 2.45) is 0 Å². The highest BCUT2D eigenvalue weighted by atomic mass is 35.5. The highest BCUT2D eigenvalue weighted by Gasteiger charge is 2.34. The quantitative estimate of drug-likeness (QED) is 0.358. The van der Waals surface area contributed by atoms with E-state index < -0.39 is 0 Å². The zero-order valence-electron chi connectivity index (χ0n) is 19.4. The van der Waals surface area contributed by atoms with Gasteiger partial charge in [0.05, 0.1) is 11.4 Å². The van der Waals surface area contributed by atoms with Crippen LogP contribution in [0.1, 0.15) is 11.1 Å². The Morgan fingerprint density at radius 1 is 1.00 bits per heavy atom. The normalized spacial score (nSPS) is 14.3. The van der Waals surface area contributed by atoms with E-state index >= 15 is 0 Å². The van der Waals surface area contributed by atoms with E-state index in [0.29, 0.717) is 27.1 Å². The fourth-order valence-electron chi connectivity index (χ4n) is 3.34. The van der Waals surface area contributed by atoms with Crippen LogP contribution < -0.4 is 14.8 Å². The van der Waals surface area contributed by atoms with E-state index in [4.69, 9.17) is 21.1 Å². The molecule has 36 heavy (non-hydrogen) atoms. The monoisotopic (exact) mass is 522 g/mol. The summed E-state index contributed by atoms with van der Waals surface area (Å²) in [4.78, 5) is 38.6. The van der Waals surface area contributed by atoms with Gasteiger partial charge in [-0.3, -0.25) is 19.3 Å². The maximum Gasteiger partial charge on any atom is 0.293 e. The molecule has 0 radical (unpaired) electrons. The molecule has 0 aromatic heterocycles. The van der Waals surface area contributed by atoms with Gasteiger partial charge in [-0.2, -0.15) is 0 Å². The molecule has 1 fully saturated rings. The maximum absolute atomic E-state index is 12.7. The number of nitrogens with zero attached hydrogens (tertiary/aromatic N) is 1. The van der Waals surface area contributed by atoms with E-state index in [1.54, 1.807) is 54.6 Å². The molecule has 3 aromatic carbocycles. The van der Waals surface area contributed by atoms with Crippen molar-refractivity contribution in [3.8, 4) is 11.5 Å². The van der Waals surface area contributed by atoms with Gasteiger partial charge in [-0.1, -0.05) is 35.9 Å². The van der Waals surface area contributed by atoms with Gasteiger partial charge in [0.25, 0.3) is 17.1 Å². The van der Waals surface area contributed by atoms with Gasteiger partial charge in [0.1, 0.15) is 18.1 Å². The molecule has 1 N–H and O–H groups in total. The van der Waals surface area contributed by atoms with Crippen LogP contribution in [0.4, 0.5) is 10.5 Å². The summed E-state index contributed by atoms with van der Waals surface area (Å²) < 4.78 is 11.2. The number of carbonyl (C=O) groups is 3. The molecular weight excluding hydrogens is 500 g/mol. The Hall–Kier alpha value is -3.75. The Labute approximate surface area is 218 Å². The van der Waals surface area contributed by atoms with Gasteiger partial charge in [-0.15, -0.1) is 0 Å². The number of hydrogen-bond acceptors (Lipinski definition) is 6. The molecule has 0 aliphatic carbocycles. The first-order valence-corrected chi connectivity index (χ1v) is 12.3. The summed E-state index contributed by atoms with van der Waals surface area (Å²) in [5.74, 6) is 0.542. The van der Waals surface area contributed by atoms with Crippen molar-refractivity contribution in [2.75, 3.05) is 25.1 Å². The number of imide groups is 1. The summed E-state index contributed by atoms with van der Waals surface area (Å²) in [6, 6.07) is 21.3. The van der Waals surface area contributed by atoms with Gasteiger partial charge in [-0.05, 0) is 84.4 Å². The van der Waals surface area contributed by atoms with Crippen LogP contribution in [-0.2, 0) is 9.59 Å². The number of rotatable bonds is 9. The first kappa shape index (κ1) is 25.3. The predicted molar refractivity (Wildman–Crippen MR) is 141 cm³/mol. The number of nitrogens with one attached hydrogen (secondary N) is 1. The minimum Gasteiger partial charge on any atom is -0.492 e. The molecule has 7 nitrogen and oxygen atoms in total. The van der Waals surface area contributed by atoms with Crippen LogP contribution in [0.5, 0.6) is 11.5 Å². The summed E-state index contributed by atoms with van der Waals surface area (Å²) in [5, 5.41) is 2.98. The second kappa shape index (κ2) is 11.8. The number of benzene rings is 3. The lowest BCUT2D eigenvalue weighted by atomic mass is 10.2. The average Bonchev–Trinajstić information content (AvgIpc) is 3.12. The van der Waals surface area contributed by atoms with Crippen molar-refractivity contribution in [1.29, 1.82) is 0 Å². The Kier molecular flexibility index (Phi) is 8.30. The highest BCUT2D eigenvalue weighted by Crippen LogP contribution is 2.32. The number of aryl methyl sites for hydroxylation is 1. The first-order valence-electron chi connectivity index (χ1n) is 11.1. The SMILES string of the molecule is Cc1cccc(OCCN2C(=O)S/C(=C\c3ccc(OCC(=O)Nc4ccc(Cl)cc4)cc3)C2=O)c1. The van der Waals surface area contributed by atoms with Crippen LogP contribution in [-0.4, -0.2) is 41.7 Å². The van der Waals surface area contributed by atoms with Gasteiger partial charge in [0.15, 0.2) is 6.61 Å². The van der Waals surface area contributed by atoms with Gasteiger partial charge < -0.3 is 14.8 Å². The van der Waals surface area contributed by atoms with Gasteiger partial charge >= 0.3 is 0 Å². The predicted octanol–water partition coefficient (Wildman–Crippen LogP) is 5.78. The maximum atomic E-state index is 12.7. The Balaban J connectivity index is 1.27. The van der Waals surface area contributed by atoms with Crippen molar-refractivity contribution in [3.05, 3.63) is 93.9 Å². The van der Waals surface area contributed by atoms with E-state index in [0.717, 1.165) is 22.9 Å². The van der Waals surface area contributed by atoms with E-state index in [9.17, 15) is 14.4 Å². The fourth-order valence-corrected chi connectivity index (χ4v) is 4.33. The number of carbonyl (C=O) groups excluding carboxylic acids is 3. The number of ether oxygens (including phenoxy) is 2. The van der Waals surface area contributed by atoms with Gasteiger partial charge in [-0.25, -0.2) is 0 Å². The van der Waals surface area contributed by atoms with Crippen molar-refractivity contribution in [2.45, 2.75) is 6.92 Å². The molecule has 0 unspecified atom stereocenters. The molecule has 3 amide bonds. The van der Waals surface area contributed by atoms with Crippen LogP contribution >= 0.6 is 23.4 Å². The Bertz CT molecular complexity index is 1290. The van der Waals surface area contributed by atoms with Crippen LogP contribution in [0.15, 0.2) is 77.7 Å². The summed E-state index contributed by atoms with van der Waals surface area (Å²) in [7, 11) is 0. The van der Waals surface area contributed by atoms with E-state index in [1.807, 2.05) is 31.2 Å². The molecule has 0 bridgehead atoms. The molecule has 1 aliphatic rings. The third-order valence-corrected chi connectivity index (χ3v) is 6.28. The lowest BCUT2D eigenvalue weighted by Crippen LogP contribution is -2.32. The standard InChI is InChI=1S/C27H23ClN2O5S/c1-18-3-2-4-23(15-18)34-14-13-30-26(32)24(36-27(30)33)16-19-5-11-22(12-6-19)35-17-25(31)29-21-9-7-20(28)8-10-21/h2-12,15-16H,13-14,17H2,1H3,(H,29,31)/b24-16-. The van der Waals surface area contributed by atoms with Crippen molar-refractivity contribution in [1.82, 2.24) is 4.90 Å². The molecule has 0 spiro atoms. The zero-order valence-corrected chi connectivity index (χ0v) is 21.0. The number of thioether (sulfide) groups is 1. The minimum absolute atomic E-state index is 0.161. The fraction of sp³-hybridized carbons (Fsp3) is 0.148. The van der Waals surface area contributed by atoms with Crippen LogP contribution in [0.2, 0.25) is 5.02 Å². The van der Waals surface area contributed by atoms with Crippen molar-refractivity contribution in [3.63, 3.8) is 0 Å². The first-order chi connectivity index (χ1) is 17.4. The van der Waals surface area contributed by atoms with E-state index in [1.165, 1.54) is 4.90 Å². The van der Waals surface area contributed by atoms with Crippen molar-refractivity contribution < 1.29 is 23.9 Å². The summed E-state index contributed by atoms with van der Waals surface area (Å²) >= 11 is 6.73. The largest absolute Gasteiger partial charge is 0.492 e. The summed E-state index contributed by atoms with van der Waals surface area (Å²) in [5.41, 5.74) is 2.42. The lowest BCUT2D eigenvalue weighted by molar-refractivity contribution is -0.123. The molecule has 3 aromatic rings. The number of hydrogen-bond donors (Lipinski definition) is 1. The van der Waals surface area contributed by atoms with E-state index in [2.05, 4.69) is 5.32 Å². The molecule has 0 saturated carbocycles. The summed E-state index contributed by atoms with van der Waals surface area (Å²) in [6.07, 6.45) is 1.66. The van der Waals surface area contributed by atoms with Crippen LogP contribution in [0.25, 0.3) is 6.08 Å². The third kappa shape index (κ3) is 6.90. The minimum atomic E-state index is -0.350. The topological polar surface area (TPSA) is 84.9 Å². The third-order valence-electron chi connectivity index (χ3n) is 5.12. The molecule has 9 heteroatoms. The van der Waals surface area contributed by atoms with Crippen molar-refractivity contribution >= 4 is 52.2 Å². The smallest absolute Gasteiger partial charge is 0.293 e. The second-order valence-corrected chi connectivity index (χ2v) is 9.34. The van der Waals surface area contributed by atoms with E-state index in [-0.39, 0.29) is 36.8 Å². The Morgan fingerprint density at radius 2 is 1.75 bits per heavy atom. The summed E-state index contributed by atoms with van der Waals surface area (Å²) in [6.45, 7) is 2.19. The zero-order chi connectivity index (χ0) is 25.5. The number of halogens is 1. The Morgan fingerprint density at radius 3 is 2.47 bits per heavy atom. The van der Waals surface area contributed by atoms with Gasteiger partial charge in [0, 0.05) is 10.7 Å². The lowest BCUT2D eigenvalue weighted by Gasteiger charge is -2.13. The molecule has 4 rings (SSSR count).